The van der Waals surface area contributed by atoms with Crippen molar-refractivity contribution in [3.05, 3.63) is 11.3 Å². The first-order chi connectivity index (χ1) is 10.9. The average molecular weight is 331 g/mol. The van der Waals surface area contributed by atoms with Crippen LogP contribution < -0.4 is 0 Å². The summed E-state index contributed by atoms with van der Waals surface area (Å²) >= 11 is 0. The minimum absolute atomic E-state index is 0.0182. The van der Waals surface area contributed by atoms with Gasteiger partial charge in [0, 0.05) is 23.7 Å². The second kappa shape index (κ2) is 5.83. The van der Waals surface area contributed by atoms with Crippen LogP contribution in [0.5, 0.6) is 0 Å². The summed E-state index contributed by atoms with van der Waals surface area (Å²) in [6.07, 6.45) is -0.363. The molecule has 1 heterocycles. The monoisotopic (exact) mass is 331 g/mol. The Morgan fingerprint density at radius 1 is 1.09 bits per heavy atom. The molecule has 0 amide bonds. The van der Waals surface area contributed by atoms with Crippen molar-refractivity contribution < 1.29 is 27.5 Å². The van der Waals surface area contributed by atoms with Gasteiger partial charge in [-0.3, -0.25) is 4.79 Å². The highest BCUT2D eigenvalue weighted by molar-refractivity contribution is 6.02. The third-order valence-electron chi connectivity index (χ3n) is 5.30. The lowest BCUT2D eigenvalue weighted by atomic mass is 9.62. The molecule has 0 N–H and O–H groups in total. The van der Waals surface area contributed by atoms with E-state index in [0.29, 0.717) is 31.5 Å². The molecule has 2 aliphatic carbocycles. The van der Waals surface area contributed by atoms with E-state index in [2.05, 4.69) is 0 Å². The third-order valence-corrected chi connectivity index (χ3v) is 5.30. The Morgan fingerprint density at radius 3 is 2.35 bits per heavy atom. The first-order valence-corrected chi connectivity index (χ1v) is 8.06. The number of likely N-dealkylation sites (tertiary alicyclic amines) is 1. The van der Waals surface area contributed by atoms with E-state index in [1.54, 1.807) is 4.90 Å². The number of alkyl halides is 3. The summed E-state index contributed by atoms with van der Waals surface area (Å²) in [5.41, 5.74) is 0.364. The van der Waals surface area contributed by atoms with Gasteiger partial charge in [0.25, 0.3) is 5.78 Å². The Bertz CT molecular complexity index is 555. The van der Waals surface area contributed by atoms with Crippen molar-refractivity contribution in [3.8, 4) is 0 Å². The van der Waals surface area contributed by atoms with Crippen LogP contribution in [0.25, 0.3) is 0 Å². The molecule has 3 atom stereocenters. The van der Waals surface area contributed by atoms with E-state index in [1.165, 1.54) is 7.11 Å². The summed E-state index contributed by atoms with van der Waals surface area (Å²) < 4.78 is 43.7. The van der Waals surface area contributed by atoms with E-state index in [0.717, 1.165) is 19.3 Å². The van der Waals surface area contributed by atoms with Crippen molar-refractivity contribution in [1.29, 1.82) is 0 Å². The minimum atomic E-state index is -4.86. The van der Waals surface area contributed by atoms with Gasteiger partial charge in [-0.05, 0) is 31.6 Å². The fourth-order valence-electron chi connectivity index (χ4n) is 4.34. The van der Waals surface area contributed by atoms with Gasteiger partial charge in [-0.1, -0.05) is 12.8 Å². The molecule has 1 saturated heterocycles. The molecular weight excluding hydrogens is 311 g/mol. The molecule has 0 aromatic carbocycles. The summed E-state index contributed by atoms with van der Waals surface area (Å²) in [6, 6.07) is -0.561. The molecule has 23 heavy (non-hydrogen) atoms. The fourth-order valence-corrected chi connectivity index (χ4v) is 4.34. The minimum Gasteiger partial charge on any atom is -0.467 e. The number of ketones is 1. The molecule has 0 bridgehead atoms. The number of hydrogen-bond acceptors (Lipinski definition) is 4. The number of rotatable bonds is 3. The van der Waals surface area contributed by atoms with Crippen LogP contribution in [0.3, 0.4) is 0 Å². The summed E-state index contributed by atoms with van der Waals surface area (Å²) in [5, 5.41) is 0. The highest BCUT2D eigenvalue weighted by Gasteiger charge is 2.55. The quantitative estimate of drug-likeness (QED) is 0.746. The number of ether oxygens (including phenoxy) is 1. The fraction of sp³-hybridized carbons (Fsp3) is 0.750. The zero-order chi connectivity index (χ0) is 16.8. The highest BCUT2D eigenvalue weighted by Crippen LogP contribution is 2.53. The maximum atomic E-state index is 13.0. The molecule has 4 nitrogen and oxygen atoms in total. The Labute approximate surface area is 132 Å². The molecule has 3 aliphatic rings. The topological polar surface area (TPSA) is 46.6 Å². The van der Waals surface area contributed by atoms with Crippen molar-refractivity contribution in [3.63, 3.8) is 0 Å². The number of fused-ring (bicyclic) bond motifs is 1. The molecule has 0 radical (unpaired) electrons. The zero-order valence-electron chi connectivity index (χ0n) is 13.0. The Kier molecular flexibility index (Phi) is 4.14. The molecule has 0 spiro atoms. The van der Waals surface area contributed by atoms with Gasteiger partial charge in [0.1, 0.15) is 6.04 Å². The largest absolute Gasteiger partial charge is 0.467 e. The van der Waals surface area contributed by atoms with Crippen molar-refractivity contribution >= 4 is 11.8 Å². The summed E-state index contributed by atoms with van der Waals surface area (Å²) in [5.74, 6) is -2.48. The molecule has 128 valence electrons. The zero-order valence-corrected chi connectivity index (χ0v) is 13.0. The lowest BCUT2D eigenvalue weighted by Gasteiger charge is -2.49. The SMILES string of the molecule is COC(=O)C1CCCN1C1=C(C(=O)C(F)(F)F)C2CCCCC12. The number of methoxy groups -OCH3 is 1. The van der Waals surface area contributed by atoms with Crippen LogP contribution in [-0.4, -0.2) is 42.5 Å². The van der Waals surface area contributed by atoms with Crippen molar-refractivity contribution in [2.45, 2.75) is 50.7 Å². The van der Waals surface area contributed by atoms with E-state index in [4.69, 9.17) is 4.74 Å². The number of carbonyl (C=O) groups is 2. The van der Waals surface area contributed by atoms with Crippen molar-refractivity contribution in [2.24, 2.45) is 11.8 Å². The molecular formula is C16H20F3NO3. The summed E-state index contributed by atoms with van der Waals surface area (Å²) in [7, 11) is 1.28. The number of nitrogens with zero attached hydrogens (tertiary/aromatic N) is 1. The van der Waals surface area contributed by atoms with Crippen molar-refractivity contribution in [1.82, 2.24) is 4.90 Å². The smallest absolute Gasteiger partial charge is 0.454 e. The molecule has 1 aliphatic heterocycles. The molecule has 1 saturated carbocycles. The number of Topliss-reactive ketones (excluding diaryl/α,β-unsaturated/α-hetero) is 1. The van der Waals surface area contributed by atoms with Gasteiger partial charge in [-0.2, -0.15) is 13.2 Å². The van der Waals surface area contributed by atoms with E-state index < -0.39 is 24.0 Å². The number of carbonyl (C=O) groups excluding carboxylic acids is 2. The molecule has 3 rings (SSSR count). The number of esters is 1. The first-order valence-electron chi connectivity index (χ1n) is 8.06. The second-order valence-electron chi connectivity index (χ2n) is 6.50. The maximum absolute atomic E-state index is 13.0. The van der Waals surface area contributed by atoms with Crippen LogP contribution in [0.15, 0.2) is 11.3 Å². The van der Waals surface area contributed by atoms with Gasteiger partial charge < -0.3 is 9.64 Å². The Balaban J connectivity index is 1.98. The lowest BCUT2D eigenvalue weighted by Crippen LogP contribution is -2.50. The van der Waals surface area contributed by atoms with Gasteiger partial charge in [-0.25, -0.2) is 4.79 Å². The number of hydrogen-bond donors (Lipinski definition) is 0. The summed E-state index contributed by atoms with van der Waals surface area (Å²) in [6.45, 7) is 0.507. The first kappa shape index (κ1) is 16.3. The van der Waals surface area contributed by atoms with Crippen LogP contribution in [0, 0.1) is 11.8 Å². The van der Waals surface area contributed by atoms with Crippen LogP contribution in [0.4, 0.5) is 13.2 Å². The van der Waals surface area contributed by atoms with E-state index >= 15 is 0 Å². The van der Waals surface area contributed by atoms with Gasteiger partial charge in [0.05, 0.1) is 7.11 Å². The van der Waals surface area contributed by atoms with E-state index in [1.807, 2.05) is 0 Å². The van der Waals surface area contributed by atoms with Crippen molar-refractivity contribution in [2.75, 3.05) is 13.7 Å². The number of allylic oxidation sites excluding steroid dienone is 2. The van der Waals surface area contributed by atoms with Crippen LogP contribution in [0.1, 0.15) is 38.5 Å². The summed E-state index contributed by atoms with van der Waals surface area (Å²) in [4.78, 5) is 25.5. The maximum Gasteiger partial charge on any atom is 0.454 e. The van der Waals surface area contributed by atoms with Crippen LogP contribution in [0.2, 0.25) is 0 Å². The molecule has 7 heteroatoms. The standard InChI is InChI=1S/C16H20F3NO3/c1-23-15(22)11-7-4-8-20(11)13-10-6-3-2-5-9(10)12(13)14(21)16(17,18)19/h9-11H,2-8H2,1H3. The van der Waals surface area contributed by atoms with Crippen LogP contribution >= 0.6 is 0 Å². The predicted octanol–water partition coefficient (Wildman–Crippen LogP) is 2.83. The average Bonchev–Trinajstić information content (AvgIpc) is 2.95. The van der Waals surface area contributed by atoms with Gasteiger partial charge in [-0.15, -0.1) is 0 Å². The predicted molar refractivity (Wildman–Crippen MR) is 75.3 cm³/mol. The number of halogens is 3. The molecule has 3 unspecified atom stereocenters. The second-order valence-corrected chi connectivity index (χ2v) is 6.50. The van der Waals surface area contributed by atoms with Crippen LogP contribution in [-0.2, 0) is 14.3 Å². The van der Waals surface area contributed by atoms with Gasteiger partial charge in [0.15, 0.2) is 0 Å². The molecule has 0 aromatic rings. The molecule has 2 fully saturated rings. The normalized spacial score (nSPS) is 30.8. The Hall–Kier alpha value is -1.53. The van der Waals surface area contributed by atoms with E-state index in [9.17, 15) is 22.8 Å². The van der Waals surface area contributed by atoms with Gasteiger partial charge in [0.2, 0.25) is 0 Å². The van der Waals surface area contributed by atoms with E-state index in [-0.39, 0.29) is 17.4 Å². The third kappa shape index (κ3) is 2.64. The Morgan fingerprint density at radius 2 is 1.74 bits per heavy atom. The molecule has 0 aromatic heterocycles. The highest BCUT2D eigenvalue weighted by atomic mass is 19.4. The lowest BCUT2D eigenvalue weighted by molar-refractivity contribution is -0.168. The van der Waals surface area contributed by atoms with Gasteiger partial charge >= 0.3 is 12.1 Å².